The van der Waals surface area contributed by atoms with Gasteiger partial charge in [-0.25, -0.2) is 0 Å². The van der Waals surface area contributed by atoms with Gasteiger partial charge in [0.15, 0.2) is 0 Å². The molecule has 0 aliphatic carbocycles. The molecule has 2 aliphatic rings. The number of anilines is 1. The molecular weight excluding hydrogens is 296 g/mol. The number of hydrogen-bond donors (Lipinski definition) is 3. The molecule has 2 aromatic rings. The molecule has 0 fully saturated rings. The molecule has 3 N–H and O–H groups in total. The van der Waals surface area contributed by atoms with E-state index in [1.54, 1.807) is 0 Å². The minimum Gasteiger partial charge on any atom is -0.380 e. The molecule has 2 aliphatic heterocycles. The molecule has 0 bridgehead atoms. The lowest BCUT2D eigenvalue weighted by Crippen LogP contribution is -2.42. The molecule has 2 aromatic carbocycles. The van der Waals surface area contributed by atoms with Crippen LogP contribution in [0.5, 0.6) is 0 Å². The van der Waals surface area contributed by atoms with Crippen molar-refractivity contribution in [2.24, 2.45) is 5.41 Å². The molecule has 0 radical (unpaired) electrons. The summed E-state index contributed by atoms with van der Waals surface area (Å²) in [7, 11) is 0. The van der Waals surface area contributed by atoms with Gasteiger partial charge in [-0.2, -0.15) is 0 Å². The van der Waals surface area contributed by atoms with Gasteiger partial charge in [0, 0.05) is 29.9 Å². The highest BCUT2D eigenvalue weighted by molar-refractivity contribution is 5.95. The van der Waals surface area contributed by atoms with Crippen molar-refractivity contribution in [2.75, 3.05) is 11.9 Å². The smallest absolute Gasteiger partial charge is 0.0882 e. The van der Waals surface area contributed by atoms with E-state index in [4.69, 9.17) is 0 Å². The molecule has 0 saturated heterocycles. The number of rotatable bonds is 1. The summed E-state index contributed by atoms with van der Waals surface area (Å²) in [6.07, 6.45) is 0. The normalized spacial score (nSPS) is 16.4. The van der Waals surface area contributed by atoms with Gasteiger partial charge in [0.25, 0.3) is 0 Å². The van der Waals surface area contributed by atoms with Crippen LogP contribution in [-0.4, -0.2) is 11.6 Å². The number of nitrogens with one attached hydrogen (secondary N) is 3. The second-order valence-electron chi connectivity index (χ2n) is 7.66. The van der Waals surface area contributed by atoms with Crippen LogP contribution in [0.1, 0.15) is 37.5 Å². The van der Waals surface area contributed by atoms with Crippen LogP contribution < -0.4 is 16.3 Å². The monoisotopic (exact) mass is 320 g/mol. The first-order valence-corrected chi connectivity index (χ1v) is 8.48. The molecule has 0 spiro atoms. The topological polar surface area (TPSA) is 39.3 Å². The van der Waals surface area contributed by atoms with Crippen LogP contribution in [0, 0.1) is 5.41 Å². The lowest BCUT2D eigenvalue weighted by Gasteiger charge is -2.30. The molecule has 0 unspecified atom stereocenters. The Labute approximate surface area is 143 Å². The zero-order valence-corrected chi connectivity index (χ0v) is 14.5. The third kappa shape index (κ3) is 2.63. The summed E-state index contributed by atoms with van der Waals surface area (Å²) in [5.74, 6) is 0. The van der Waals surface area contributed by atoms with E-state index < -0.39 is 0 Å². The fraction of sp³-hybridized carbons (Fsp3) is 0.300. The molecule has 4 rings (SSSR count). The molecule has 124 valence electrons. The van der Waals surface area contributed by atoms with Crippen LogP contribution in [-0.2, 0) is 6.54 Å². The van der Waals surface area contributed by atoms with Crippen molar-refractivity contribution in [3.05, 3.63) is 65.2 Å². The van der Waals surface area contributed by atoms with E-state index in [-0.39, 0.29) is 5.41 Å². The molecule has 4 heteroatoms. The van der Waals surface area contributed by atoms with Gasteiger partial charge in [-0.15, -0.1) is 5.53 Å². The Bertz CT molecular complexity index is 801. The number of fused-ring (bicyclic) bond motifs is 4. The Morgan fingerprint density at radius 2 is 1.67 bits per heavy atom. The summed E-state index contributed by atoms with van der Waals surface area (Å²) in [5.41, 5.74) is 14.3. The maximum atomic E-state index is 3.60. The fourth-order valence-electron chi connectivity index (χ4n) is 3.39. The lowest BCUT2D eigenvalue weighted by molar-refractivity contribution is 0.203. The average Bonchev–Trinajstić information content (AvgIpc) is 2.92. The second-order valence-corrected chi connectivity index (χ2v) is 7.66. The lowest BCUT2D eigenvalue weighted by atomic mass is 9.94. The van der Waals surface area contributed by atoms with Gasteiger partial charge in [-0.1, -0.05) is 63.2 Å². The number of benzene rings is 2. The van der Waals surface area contributed by atoms with Crippen molar-refractivity contribution >= 4 is 17.1 Å². The Hall–Kier alpha value is -2.46. The van der Waals surface area contributed by atoms with Crippen LogP contribution in [0.2, 0.25) is 0 Å². The molecule has 0 atom stereocenters. The molecule has 0 saturated carbocycles. The number of hydrogen-bond acceptors (Lipinski definition) is 4. The van der Waals surface area contributed by atoms with Crippen LogP contribution in [0.4, 0.5) is 5.69 Å². The molecule has 0 aromatic heterocycles. The van der Waals surface area contributed by atoms with Crippen LogP contribution in [0.3, 0.4) is 0 Å². The van der Waals surface area contributed by atoms with E-state index in [2.05, 4.69) is 90.6 Å². The predicted molar refractivity (Wildman–Crippen MR) is 99.5 cm³/mol. The zero-order chi connectivity index (χ0) is 16.7. The maximum absolute atomic E-state index is 3.60. The fourth-order valence-corrected chi connectivity index (χ4v) is 3.39. The average molecular weight is 320 g/mol. The molecule has 4 nitrogen and oxygen atoms in total. The Morgan fingerprint density at radius 3 is 2.46 bits per heavy atom. The zero-order valence-electron chi connectivity index (χ0n) is 14.5. The van der Waals surface area contributed by atoms with Crippen LogP contribution in [0.15, 0.2) is 48.5 Å². The number of hydrazine groups is 2. The number of nitrogens with zero attached hydrogens (tertiary/aromatic N) is 1. The summed E-state index contributed by atoms with van der Waals surface area (Å²) in [6.45, 7) is 8.51. The second kappa shape index (κ2) is 5.56. The van der Waals surface area contributed by atoms with Crippen molar-refractivity contribution < 1.29 is 0 Å². The predicted octanol–water partition coefficient (Wildman–Crippen LogP) is 3.81. The molecule has 24 heavy (non-hydrogen) atoms. The quantitative estimate of drug-likeness (QED) is 0.747. The first kappa shape index (κ1) is 15.1. The van der Waals surface area contributed by atoms with Crippen molar-refractivity contribution in [3.63, 3.8) is 0 Å². The van der Waals surface area contributed by atoms with Gasteiger partial charge in [-0.3, -0.25) is 5.01 Å². The first-order valence-electron chi connectivity index (χ1n) is 8.48. The summed E-state index contributed by atoms with van der Waals surface area (Å²) in [5, 5.41) is 5.84. The van der Waals surface area contributed by atoms with Crippen molar-refractivity contribution in [1.82, 2.24) is 16.0 Å². The summed E-state index contributed by atoms with van der Waals surface area (Å²) in [6, 6.07) is 17.1. The Kier molecular flexibility index (Phi) is 3.50. The van der Waals surface area contributed by atoms with Gasteiger partial charge >= 0.3 is 0 Å². The van der Waals surface area contributed by atoms with E-state index in [1.165, 1.54) is 28.1 Å². The van der Waals surface area contributed by atoms with Gasteiger partial charge in [0.1, 0.15) is 0 Å². The van der Waals surface area contributed by atoms with Gasteiger partial charge in [0.05, 0.1) is 11.4 Å². The summed E-state index contributed by atoms with van der Waals surface area (Å²) < 4.78 is 0. The minimum absolute atomic E-state index is 0.182. The van der Waals surface area contributed by atoms with E-state index in [0.717, 1.165) is 18.8 Å². The molecular formula is C20H24N4. The Morgan fingerprint density at radius 1 is 0.958 bits per heavy atom. The SMILES string of the molecule is CC(C)(C)CN1NNC2=C1c1ccccc1NCc1ccccc12. The van der Waals surface area contributed by atoms with Crippen LogP contribution in [0.25, 0.3) is 11.4 Å². The summed E-state index contributed by atoms with van der Waals surface area (Å²) >= 11 is 0. The third-order valence-corrected chi connectivity index (χ3v) is 4.39. The summed E-state index contributed by atoms with van der Waals surface area (Å²) in [4.78, 5) is 0. The maximum Gasteiger partial charge on any atom is 0.0882 e. The van der Waals surface area contributed by atoms with E-state index >= 15 is 0 Å². The van der Waals surface area contributed by atoms with Gasteiger partial charge < -0.3 is 10.7 Å². The molecule has 0 amide bonds. The van der Waals surface area contributed by atoms with Crippen molar-refractivity contribution in [3.8, 4) is 0 Å². The highest BCUT2D eigenvalue weighted by Gasteiger charge is 2.31. The largest absolute Gasteiger partial charge is 0.380 e. The van der Waals surface area contributed by atoms with Gasteiger partial charge in [0.2, 0.25) is 0 Å². The van der Waals surface area contributed by atoms with E-state index in [1.807, 2.05) is 0 Å². The van der Waals surface area contributed by atoms with E-state index in [0.29, 0.717) is 0 Å². The first-order chi connectivity index (χ1) is 11.5. The van der Waals surface area contributed by atoms with Crippen molar-refractivity contribution in [1.29, 1.82) is 0 Å². The minimum atomic E-state index is 0.182. The Balaban J connectivity index is 1.92. The van der Waals surface area contributed by atoms with Crippen LogP contribution >= 0.6 is 0 Å². The number of para-hydroxylation sites is 1. The van der Waals surface area contributed by atoms with Gasteiger partial charge in [-0.05, 0) is 17.0 Å². The van der Waals surface area contributed by atoms with Crippen molar-refractivity contribution in [2.45, 2.75) is 27.3 Å². The highest BCUT2D eigenvalue weighted by Crippen LogP contribution is 2.38. The third-order valence-electron chi connectivity index (χ3n) is 4.39. The highest BCUT2D eigenvalue weighted by atomic mass is 15.7. The van der Waals surface area contributed by atoms with E-state index in [9.17, 15) is 0 Å². The standard InChI is InChI=1S/C20H24N4/c1-20(2,3)13-24-19-16-10-6-7-11-17(16)21-12-14-8-4-5-9-15(14)18(19)22-23-24/h4-11,21-23H,12-13H2,1-3H3. The molecule has 2 heterocycles.